The van der Waals surface area contributed by atoms with Crippen LogP contribution in [0.4, 0.5) is 5.69 Å². The van der Waals surface area contributed by atoms with Crippen LogP contribution in [-0.2, 0) is 7.05 Å². The minimum absolute atomic E-state index is 0.135. The van der Waals surface area contributed by atoms with E-state index in [2.05, 4.69) is 0 Å². The van der Waals surface area contributed by atoms with Gasteiger partial charge in [-0.1, -0.05) is 11.6 Å². The van der Waals surface area contributed by atoms with Gasteiger partial charge in [-0.25, -0.2) is 4.79 Å². The molecule has 0 bridgehead atoms. The summed E-state index contributed by atoms with van der Waals surface area (Å²) in [6, 6.07) is 3.12. The highest BCUT2D eigenvalue weighted by molar-refractivity contribution is 6.37. The highest BCUT2D eigenvalue weighted by atomic mass is 35.5. The summed E-state index contributed by atoms with van der Waals surface area (Å²) in [5.74, 6) is -1.03. The topological polar surface area (TPSA) is 68.2 Å². The van der Waals surface area contributed by atoms with Crippen LogP contribution < -0.4 is 5.73 Å². The lowest BCUT2D eigenvalue weighted by Gasteiger charge is -2.02. The summed E-state index contributed by atoms with van der Waals surface area (Å²) in [6.07, 6.45) is 1.66. The molecule has 0 radical (unpaired) electrons. The number of halogens is 1. The van der Waals surface area contributed by atoms with Gasteiger partial charge in [0.1, 0.15) is 0 Å². The molecule has 0 aliphatic carbocycles. The fraction of sp³-hybridized carbons (Fsp3) is 0.100. The van der Waals surface area contributed by atoms with Crippen LogP contribution in [0.5, 0.6) is 0 Å². The average Bonchev–Trinajstić information content (AvgIpc) is 2.41. The molecule has 2 rings (SSSR count). The first-order chi connectivity index (χ1) is 7.00. The average molecular weight is 225 g/mol. The summed E-state index contributed by atoms with van der Waals surface area (Å²) in [7, 11) is 1.79. The minimum atomic E-state index is -1.03. The number of aryl methyl sites for hydroxylation is 1. The number of carboxylic acid groups (broad SMARTS) is 1. The van der Waals surface area contributed by atoms with Gasteiger partial charge in [0.15, 0.2) is 0 Å². The molecule has 0 atom stereocenters. The largest absolute Gasteiger partial charge is 0.478 e. The number of rotatable bonds is 1. The van der Waals surface area contributed by atoms with E-state index < -0.39 is 5.97 Å². The first-order valence-electron chi connectivity index (χ1n) is 4.28. The Labute approximate surface area is 90.9 Å². The quantitative estimate of drug-likeness (QED) is 0.729. The van der Waals surface area contributed by atoms with Crippen molar-refractivity contribution in [2.45, 2.75) is 0 Å². The third-order valence-corrected chi connectivity index (χ3v) is 2.58. The Bertz CT molecular complexity index is 560. The number of nitrogens with two attached hydrogens (primary N) is 1. The number of carboxylic acids is 1. The van der Waals surface area contributed by atoms with Crippen LogP contribution in [0.1, 0.15) is 10.4 Å². The van der Waals surface area contributed by atoms with Crippen molar-refractivity contribution in [3.8, 4) is 0 Å². The van der Waals surface area contributed by atoms with Gasteiger partial charge in [-0.15, -0.1) is 0 Å². The monoisotopic (exact) mass is 224 g/mol. The van der Waals surface area contributed by atoms with Gasteiger partial charge < -0.3 is 15.4 Å². The lowest BCUT2D eigenvalue weighted by atomic mass is 10.1. The lowest BCUT2D eigenvalue weighted by Crippen LogP contribution is -1.99. The zero-order valence-corrected chi connectivity index (χ0v) is 8.75. The zero-order valence-electron chi connectivity index (χ0n) is 7.99. The van der Waals surface area contributed by atoms with E-state index in [1.807, 2.05) is 0 Å². The highest BCUT2D eigenvalue weighted by Gasteiger charge is 2.15. The van der Waals surface area contributed by atoms with Crippen molar-refractivity contribution < 1.29 is 9.90 Å². The van der Waals surface area contributed by atoms with E-state index in [4.69, 9.17) is 22.4 Å². The molecule has 78 valence electrons. The molecule has 5 heteroatoms. The van der Waals surface area contributed by atoms with Gasteiger partial charge in [0.2, 0.25) is 0 Å². The summed E-state index contributed by atoms with van der Waals surface area (Å²) in [5.41, 5.74) is 6.89. The van der Waals surface area contributed by atoms with E-state index in [-0.39, 0.29) is 5.56 Å². The Morgan fingerprint density at radius 2 is 2.20 bits per heavy atom. The maximum absolute atomic E-state index is 11.0. The van der Waals surface area contributed by atoms with Gasteiger partial charge in [0.25, 0.3) is 0 Å². The summed E-state index contributed by atoms with van der Waals surface area (Å²) in [4.78, 5) is 11.0. The maximum Gasteiger partial charge on any atom is 0.336 e. The zero-order chi connectivity index (χ0) is 11.2. The van der Waals surface area contributed by atoms with E-state index >= 15 is 0 Å². The van der Waals surface area contributed by atoms with Gasteiger partial charge in [-0.05, 0) is 12.1 Å². The summed E-state index contributed by atoms with van der Waals surface area (Å²) in [5, 5.41) is 9.97. The number of anilines is 1. The number of hydrogen-bond acceptors (Lipinski definition) is 2. The number of aromatic carboxylic acids is 1. The Kier molecular flexibility index (Phi) is 2.08. The second kappa shape index (κ2) is 3.17. The number of fused-ring (bicyclic) bond motifs is 1. The number of hydrogen-bond donors (Lipinski definition) is 2. The van der Waals surface area contributed by atoms with Crippen LogP contribution in [0.3, 0.4) is 0 Å². The van der Waals surface area contributed by atoms with E-state index in [1.54, 1.807) is 23.9 Å². The molecule has 0 fully saturated rings. The fourth-order valence-corrected chi connectivity index (χ4v) is 2.00. The fourth-order valence-electron chi connectivity index (χ4n) is 1.65. The molecule has 0 unspecified atom stereocenters. The Balaban J connectivity index is 2.96. The van der Waals surface area contributed by atoms with Crippen molar-refractivity contribution >= 4 is 34.2 Å². The number of nitrogens with zero attached hydrogens (tertiary/aromatic N) is 1. The third kappa shape index (κ3) is 1.43. The van der Waals surface area contributed by atoms with Gasteiger partial charge in [0.05, 0.1) is 16.1 Å². The second-order valence-corrected chi connectivity index (χ2v) is 3.76. The SMILES string of the molecule is Cn1cc(Cl)c2c(C(=O)O)cc(N)cc21. The minimum Gasteiger partial charge on any atom is -0.478 e. The normalized spacial score (nSPS) is 10.8. The van der Waals surface area contributed by atoms with Crippen molar-refractivity contribution in [1.29, 1.82) is 0 Å². The van der Waals surface area contributed by atoms with Crippen LogP contribution >= 0.6 is 11.6 Å². The molecule has 4 nitrogen and oxygen atoms in total. The molecule has 0 aliphatic rings. The van der Waals surface area contributed by atoms with Crippen molar-refractivity contribution in [1.82, 2.24) is 4.57 Å². The summed E-state index contributed by atoms with van der Waals surface area (Å²) in [6.45, 7) is 0. The summed E-state index contributed by atoms with van der Waals surface area (Å²) >= 11 is 5.95. The molecule has 0 saturated carbocycles. The molecule has 1 aromatic heterocycles. The molecule has 0 spiro atoms. The molecule has 0 saturated heterocycles. The molecule has 15 heavy (non-hydrogen) atoms. The molecule has 2 aromatic rings. The maximum atomic E-state index is 11.0. The van der Waals surface area contributed by atoms with Gasteiger partial charge in [-0.2, -0.15) is 0 Å². The smallest absolute Gasteiger partial charge is 0.336 e. The highest BCUT2D eigenvalue weighted by Crippen LogP contribution is 2.30. The first kappa shape index (κ1) is 9.86. The van der Waals surface area contributed by atoms with Gasteiger partial charge in [-0.3, -0.25) is 0 Å². The number of benzene rings is 1. The molecule has 0 aliphatic heterocycles. The number of nitrogen functional groups attached to an aromatic ring is 1. The second-order valence-electron chi connectivity index (χ2n) is 3.36. The molecule has 0 amide bonds. The van der Waals surface area contributed by atoms with Gasteiger partial charge >= 0.3 is 5.97 Å². The lowest BCUT2D eigenvalue weighted by molar-refractivity contribution is 0.0699. The molecule has 1 aromatic carbocycles. The molecular formula is C10H9ClN2O2. The number of aromatic nitrogens is 1. The predicted molar refractivity (Wildman–Crippen MR) is 59.3 cm³/mol. The first-order valence-corrected chi connectivity index (χ1v) is 4.66. The molecular weight excluding hydrogens is 216 g/mol. The third-order valence-electron chi connectivity index (χ3n) is 2.30. The van der Waals surface area contributed by atoms with Crippen LogP contribution in [0.25, 0.3) is 10.9 Å². The Morgan fingerprint density at radius 1 is 1.53 bits per heavy atom. The van der Waals surface area contributed by atoms with Crippen molar-refractivity contribution in [2.75, 3.05) is 5.73 Å². The van der Waals surface area contributed by atoms with Crippen molar-refractivity contribution in [3.63, 3.8) is 0 Å². The predicted octanol–water partition coefficient (Wildman–Crippen LogP) is 2.11. The van der Waals surface area contributed by atoms with Crippen molar-refractivity contribution in [3.05, 3.63) is 28.9 Å². The van der Waals surface area contributed by atoms with E-state index in [1.165, 1.54) is 6.07 Å². The molecule has 1 heterocycles. The van der Waals surface area contributed by atoms with Crippen LogP contribution in [0, 0.1) is 0 Å². The van der Waals surface area contributed by atoms with E-state index in [0.717, 1.165) is 5.52 Å². The number of carbonyl (C=O) groups is 1. The van der Waals surface area contributed by atoms with Crippen LogP contribution in [0.15, 0.2) is 18.3 Å². The van der Waals surface area contributed by atoms with E-state index in [0.29, 0.717) is 16.1 Å². The Morgan fingerprint density at radius 3 is 2.80 bits per heavy atom. The van der Waals surface area contributed by atoms with Gasteiger partial charge in [0, 0.05) is 24.3 Å². The Hall–Kier alpha value is -1.68. The summed E-state index contributed by atoms with van der Waals surface area (Å²) < 4.78 is 1.75. The molecule has 3 N–H and O–H groups in total. The van der Waals surface area contributed by atoms with Crippen LogP contribution in [-0.4, -0.2) is 15.6 Å². The van der Waals surface area contributed by atoms with Crippen LogP contribution in [0.2, 0.25) is 5.02 Å². The standard InChI is InChI=1S/C10H9ClN2O2/c1-13-4-7(11)9-6(10(14)15)2-5(12)3-8(9)13/h2-4H,12H2,1H3,(H,14,15). The van der Waals surface area contributed by atoms with E-state index in [9.17, 15) is 4.79 Å². The van der Waals surface area contributed by atoms with Crippen molar-refractivity contribution in [2.24, 2.45) is 7.05 Å².